The maximum absolute atomic E-state index is 13.5. The van der Waals surface area contributed by atoms with Crippen LogP contribution in [0.4, 0.5) is 8.78 Å². The number of nitrogens with zero attached hydrogens (tertiary/aromatic N) is 2. The molecule has 0 unspecified atom stereocenters. The van der Waals surface area contributed by atoms with Crippen molar-refractivity contribution in [1.82, 2.24) is 9.55 Å². The van der Waals surface area contributed by atoms with Crippen LogP contribution in [0.5, 0.6) is 17.2 Å². The number of halogens is 2. The van der Waals surface area contributed by atoms with E-state index in [-0.39, 0.29) is 28.4 Å². The van der Waals surface area contributed by atoms with Gasteiger partial charge in [0.15, 0.2) is 17.3 Å². The minimum Gasteiger partial charge on any atom is -0.493 e. The normalized spacial score (nSPS) is 10.9. The Kier molecular flexibility index (Phi) is 5.62. The first-order chi connectivity index (χ1) is 13.5. The van der Waals surface area contributed by atoms with Gasteiger partial charge in [-0.2, -0.15) is 8.78 Å². The van der Waals surface area contributed by atoms with E-state index in [2.05, 4.69) is 4.98 Å². The summed E-state index contributed by atoms with van der Waals surface area (Å²) in [6.45, 7) is -3.24. The fourth-order valence-corrected chi connectivity index (χ4v) is 2.83. The predicted molar refractivity (Wildman–Crippen MR) is 96.2 cm³/mol. The quantitative estimate of drug-likeness (QED) is 0.570. The number of benzene rings is 2. The number of hydrogen-bond acceptors (Lipinski definition) is 6. The fraction of sp³-hybridized carbons (Fsp3) is 0.263. The number of alkyl halides is 2. The SMILES string of the molecule is COc1cc(C(=O)OCc2nc3ccccc3n2C(F)F)cc(OC)c1OC. The third-order valence-corrected chi connectivity index (χ3v) is 4.10. The second-order valence-electron chi connectivity index (χ2n) is 5.65. The molecule has 0 saturated carbocycles. The molecule has 0 amide bonds. The van der Waals surface area contributed by atoms with Crippen molar-refractivity contribution >= 4 is 17.0 Å². The van der Waals surface area contributed by atoms with Crippen molar-refractivity contribution in [3.63, 3.8) is 0 Å². The maximum Gasteiger partial charge on any atom is 0.338 e. The van der Waals surface area contributed by atoms with Crippen molar-refractivity contribution in [2.24, 2.45) is 0 Å². The van der Waals surface area contributed by atoms with E-state index in [1.165, 1.54) is 39.5 Å². The summed E-state index contributed by atoms with van der Waals surface area (Å²) >= 11 is 0. The molecule has 0 fully saturated rings. The zero-order valence-corrected chi connectivity index (χ0v) is 15.4. The van der Waals surface area contributed by atoms with Crippen molar-refractivity contribution in [1.29, 1.82) is 0 Å². The molecule has 3 rings (SSSR count). The molecular formula is C19H18F2N2O5. The van der Waals surface area contributed by atoms with Gasteiger partial charge in [-0.05, 0) is 24.3 Å². The monoisotopic (exact) mass is 392 g/mol. The summed E-state index contributed by atoms with van der Waals surface area (Å²) < 4.78 is 48.4. The average molecular weight is 392 g/mol. The number of aromatic nitrogens is 2. The smallest absolute Gasteiger partial charge is 0.338 e. The van der Waals surface area contributed by atoms with E-state index < -0.39 is 19.1 Å². The van der Waals surface area contributed by atoms with Gasteiger partial charge >= 0.3 is 12.5 Å². The van der Waals surface area contributed by atoms with E-state index in [4.69, 9.17) is 18.9 Å². The van der Waals surface area contributed by atoms with Crippen LogP contribution in [0.2, 0.25) is 0 Å². The van der Waals surface area contributed by atoms with Crippen LogP contribution in [0.1, 0.15) is 22.7 Å². The van der Waals surface area contributed by atoms with Crippen molar-refractivity contribution in [3.05, 3.63) is 47.8 Å². The number of para-hydroxylation sites is 2. The van der Waals surface area contributed by atoms with Gasteiger partial charge in [-0.3, -0.25) is 4.57 Å². The Bertz CT molecular complexity index is 978. The number of imidazole rings is 1. The standard InChI is InChI=1S/C19H18F2N2O5/c1-25-14-8-11(9-15(26-2)17(14)27-3)18(24)28-10-16-22-12-6-4-5-7-13(12)23(16)19(20)21/h4-9,19H,10H2,1-3H3. The Morgan fingerprint density at radius 3 is 2.29 bits per heavy atom. The molecule has 0 spiro atoms. The minimum absolute atomic E-state index is 0.0583. The topological polar surface area (TPSA) is 71.8 Å². The summed E-state index contributed by atoms with van der Waals surface area (Å²) in [4.78, 5) is 16.6. The lowest BCUT2D eigenvalue weighted by Gasteiger charge is -2.14. The summed E-state index contributed by atoms with van der Waals surface area (Å²) in [7, 11) is 4.27. The molecule has 7 nitrogen and oxygen atoms in total. The molecule has 0 aliphatic rings. The van der Waals surface area contributed by atoms with Crippen LogP contribution >= 0.6 is 0 Å². The van der Waals surface area contributed by atoms with Crippen molar-refractivity contribution in [3.8, 4) is 17.2 Å². The van der Waals surface area contributed by atoms with Gasteiger partial charge in [-0.15, -0.1) is 0 Å². The first-order valence-corrected chi connectivity index (χ1v) is 8.21. The van der Waals surface area contributed by atoms with E-state index in [0.29, 0.717) is 11.3 Å². The summed E-state index contributed by atoms with van der Waals surface area (Å²) in [6, 6.07) is 9.29. The van der Waals surface area contributed by atoms with Gasteiger partial charge in [0, 0.05) is 0 Å². The zero-order chi connectivity index (χ0) is 20.3. The van der Waals surface area contributed by atoms with Gasteiger partial charge in [0.1, 0.15) is 6.61 Å². The molecule has 2 aromatic carbocycles. The molecule has 1 heterocycles. The minimum atomic E-state index is -2.82. The van der Waals surface area contributed by atoms with E-state index in [9.17, 15) is 13.6 Å². The van der Waals surface area contributed by atoms with Crippen LogP contribution in [-0.2, 0) is 11.3 Å². The number of carbonyl (C=O) groups is 1. The van der Waals surface area contributed by atoms with Crippen LogP contribution < -0.4 is 14.2 Å². The molecule has 0 radical (unpaired) electrons. The van der Waals surface area contributed by atoms with Crippen LogP contribution in [-0.4, -0.2) is 36.8 Å². The van der Waals surface area contributed by atoms with Gasteiger partial charge in [0.2, 0.25) is 5.75 Å². The lowest BCUT2D eigenvalue weighted by Crippen LogP contribution is -2.11. The first kappa shape index (κ1) is 19.4. The second-order valence-corrected chi connectivity index (χ2v) is 5.65. The number of esters is 1. The third kappa shape index (κ3) is 3.55. The van der Waals surface area contributed by atoms with Crippen LogP contribution in [0.25, 0.3) is 11.0 Å². The van der Waals surface area contributed by atoms with Crippen molar-refractivity contribution < 1.29 is 32.5 Å². The van der Waals surface area contributed by atoms with Crippen LogP contribution in [0.3, 0.4) is 0 Å². The highest BCUT2D eigenvalue weighted by atomic mass is 19.3. The molecule has 9 heteroatoms. The Morgan fingerprint density at radius 2 is 1.71 bits per heavy atom. The Balaban J connectivity index is 1.87. The first-order valence-electron chi connectivity index (χ1n) is 8.21. The lowest BCUT2D eigenvalue weighted by molar-refractivity contribution is 0.0387. The van der Waals surface area contributed by atoms with E-state index >= 15 is 0 Å². The molecule has 0 saturated heterocycles. The van der Waals surface area contributed by atoms with E-state index in [0.717, 1.165) is 4.57 Å². The number of hydrogen-bond donors (Lipinski definition) is 0. The fourth-order valence-electron chi connectivity index (χ4n) is 2.83. The molecule has 0 aliphatic heterocycles. The molecule has 0 aliphatic carbocycles. The van der Waals surface area contributed by atoms with Crippen LogP contribution in [0, 0.1) is 0 Å². The van der Waals surface area contributed by atoms with Gasteiger partial charge in [-0.25, -0.2) is 9.78 Å². The van der Waals surface area contributed by atoms with Gasteiger partial charge in [0.05, 0.1) is 37.9 Å². The second kappa shape index (κ2) is 8.12. The number of methoxy groups -OCH3 is 3. The lowest BCUT2D eigenvalue weighted by atomic mass is 10.2. The van der Waals surface area contributed by atoms with Gasteiger partial charge in [0.25, 0.3) is 0 Å². The highest BCUT2D eigenvalue weighted by molar-refractivity contribution is 5.91. The zero-order valence-electron chi connectivity index (χ0n) is 15.4. The summed E-state index contributed by atoms with van der Waals surface area (Å²) in [5.41, 5.74) is 0.771. The summed E-state index contributed by atoms with van der Waals surface area (Å²) in [5, 5.41) is 0. The molecule has 28 heavy (non-hydrogen) atoms. The van der Waals surface area contributed by atoms with Crippen molar-refractivity contribution in [2.45, 2.75) is 13.2 Å². The molecule has 0 atom stereocenters. The van der Waals surface area contributed by atoms with E-state index in [1.807, 2.05) is 0 Å². The molecule has 0 bridgehead atoms. The maximum atomic E-state index is 13.5. The average Bonchev–Trinajstić information content (AvgIpc) is 3.09. The predicted octanol–water partition coefficient (Wildman–Crippen LogP) is 3.81. The molecule has 148 valence electrons. The Labute approximate surface area is 159 Å². The molecule has 0 N–H and O–H groups in total. The van der Waals surface area contributed by atoms with Crippen LogP contribution in [0.15, 0.2) is 36.4 Å². The number of carbonyl (C=O) groups excluding carboxylic acids is 1. The Hall–Kier alpha value is -3.36. The van der Waals surface area contributed by atoms with E-state index in [1.54, 1.807) is 18.2 Å². The third-order valence-electron chi connectivity index (χ3n) is 4.10. The number of rotatable bonds is 7. The molecular weight excluding hydrogens is 374 g/mol. The number of fused-ring (bicyclic) bond motifs is 1. The highest BCUT2D eigenvalue weighted by Gasteiger charge is 2.21. The highest BCUT2D eigenvalue weighted by Crippen LogP contribution is 2.38. The summed E-state index contributed by atoms with van der Waals surface area (Å²) in [5.74, 6) is 0.0624. The van der Waals surface area contributed by atoms with Gasteiger partial charge in [-0.1, -0.05) is 12.1 Å². The largest absolute Gasteiger partial charge is 0.493 e. The Morgan fingerprint density at radius 1 is 1.07 bits per heavy atom. The number of ether oxygens (including phenoxy) is 4. The molecule has 3 aromatic rings. The summed E-state index contributed by atoms with van der Waals surface area (Å²) in [6.07, 6.45) is 0. The molecule has 1 aromatic heterocycles. The van der Waals surface area contributed by atoms with Gasteiger partial charge < -0.3 is 18.9 Å². The van der Waals surface area contributed by atoms with Crippen molar-refractivity contribution in [2.75, 3.05) is 21.3 Å².